The lowest BCUT2D eigenvalue weighted by Crippen LogP contribution is -2.33. The number of aromatic nitrogens is 5. The minimum atomic E-state index is -0.255. The van der Waals surface area contributed by atoms with Gasteiger partial charge in [0, 0.05) is 43.1 Å². The van der Waals surface area contributed by atoms with E-state index in [2.05, 4.69) is 41.1 Å². The van der Waals surface area contributed by atoms with Gasteiger partial charge in [0.1, 0.15) is 5.82 Å². The van der Waals surface area contributed by atoms with Crippen LogP contribution in [-0.4, -0.2) is 50.8 Å². The molecule has 3 aromatic rings. The van der Waals surface area contributed by atoms with Crippen LogP contribution in [0.3, 0.4) is 0 Å². The third-order valence-corrected chi connectivity index (χ3v) is 3.48. The van der Waals surface area contributed by atoms with Crippen molar-refractivity contribution in [1.29, 1.82) is 0 Å². The lowest BCUT2D eigenvalue weighted by molar-refractivity contribution is -0.123. The van der Waals surface area contributed by atoms with Crippen molar-refractivity contribution in [3.8, 4) is 6.01 Å². The molecule has 1 amide bonds. The van der Waals surface area contributed by atoms with Crippen LogP contribution in [-0.2, 0) is 4.79 Å². The second-order valence-electron chi connectivity index (χ2n) is 5.71. The van der Waals surface area contributed by atoms with Crippen LogP contribution in [0.1, 0.15) is 5.69 Å². The van der Waals surface area contributed by atoms with Gasteiger partial charge in [-0.1, -0.05) is 0 Å². The molecule has 0 saturated heterocycles. The van der Waals surface area contributed by atoms with Crippen molar-refractivity contribution in [2.45, 2.75) is 6.92 Å². The molecule has 0 spiro atoms. The number of amides is 1. The highest BCUT2D eigenvalue weighted by Gasteiger charge is 2.04. The second kappa shape index (κ2) is 9.76. The third-order valence-electron chi connectivity index (χ3n) is 3.48. The minimum absolute atomic E-state index is 0.140. The number of aryl methyl sites for hydroxylation is 1. The summed E-state index contributed by atoms with van der Waals surface area (Å²) < 4.78 is 5.24. The van der Waals surface area contributed by atoms with Crippen LogP contribution in [0.2, 0.25) is 0 Å². The maximum atomic E-state index is 11.8. The van der Waals surface area contributed by atoms with E-state index in [1.165, 1.54) is 0 Å². The number of pyridine rings is 1. The van der Waals surface area contributed by atoms with Crippen molar-refractivity contribution in [1.82, 2.24) is 30.5 Å². The van der Waals surface area contributed by atoms with Gasteiger partial charge >= 0.3 is 6.01 Å². The highest BCUT2D eigenvalue weighted by molar-refractivity contribution is 5.77. The monoisotopic (exact) mass is 380 g/mol. The fourth-order valence-corrected chi connectivity index (χ4v) is 2.15. The highest BCUT2D eigenvalue weighted by atomic mass is 16.5. The molecule has 3 rings (SSSR count). The molecule has 0 aliphatic carbocycles. The molecule has 3 N–H and O–H groups in total. The smallest absolute Gasteiger partial charge is 0.317 e. The van der Waals surface area contributed by atoms with Crippen molar-refractivity contribution in [3.63, 3.8) is 0 Å². The van der Waals surface area contributed by atoms with Crippen molar-refractivity contribution in [2.75, 3.05) is 30.3 Å². The fourth-order valence-electron chi connectivity index (χ4n) is 2.15. The molecule has 0 fully saturated rings. The quantitative estimate of drug-likeness (QED) is 0.471. The van der Waals surface area contributed by atoms with Gasteiger partial charge in [0.05, 0.1) is 0 Å². The number of anilines is 3. The zero-order valence-corrected chi connectivity index (χ0v) is 15.3. The Hall–Kier alpha value is -3.82. The summed E-state index contributed by atoms with van der Waals surface area (Å²) in [6.07, 6.45) is 4.97. The number of hydrogen-bond acceptors (Lipinski definition) is 9. The summed E-state index contributed by atoms with van der Waals surface area (Å²) in [5, 5.41) is 17.1. The van der Waals surface area contributed by atoms with E-state index in [1.807, 2.05) is 25.1 Å². The molecule has 3 heterocycles. The Morgan fingerprint density at radius 3 is 2.54 bits per heavy atom. The van der Waals surface area contributed by atoms with Crippen LogP contribution < -0.4 is 20.7 Å². The zero-order valence-electron chi connectivity index (χ0n) is 15.3. The van der Waals surface area contributed by atoms with Gasteiger partial charge in [-0.25, -0.2) is 9.97 Å². The van der Waals surface area contributed by atoms with E-state index in [-0.39, 0.29) is 18.5 Å². The van der Waals surface area contributed by atoms with Crippen molar-refractivity contribution >= 4 is 23.2 Å². The maximum Gasteiger partial charge on any atom is 0.317 e. The molecule has 10 heteroatoms. The van der Waals surface area contributed by atoms with Gasteiger partial charge in [-0.2, -0.15) is 0 Å². The first-order valence-corrected chi connectivity index (χ1v) is 8.63. The van der Waals surface area contributed by atoms with Gasteiger partial charge in [-0.05, 0) is 37.3 Å². The molecule has 3 aromatic heterocycles. The normalized spacial score (nSPS) is 10.2. The average molecular weight is 380 g/mol. The summed E-state index contributed by atoms with van der Waals surface area (Å²) in [6, 6.07) is 9.23. The fraction of sp³-hybridized carbons (Fsp3) is 0.222. The first-order chi connectivity index (χ1) is 13.7. The Morgan fingerprint density at radius 2 is 1.79 bits per heavy atom. The molecular weight excluding hydrogens is 360 g/mol. The minimum Gasteiger partial charge on any atom is -0.453 e. The topological polar surface area (TPSA) is 127 Å². The van der Waals surface area contributed by atoms with E-state index in [0.717, 1.165) is 11.4 Å². The van der Waals surface area contributed by atoms with Crippen LogP contribution in [0.25, 0.3) is 0 Å². The van der Waals surface area contributed by atoms with E-state index in [0.29, 0.717) is 24.7 Å². The van der Waals surface area contributed by atoms with E-state index >= 15 is 0 Å². The molecule has 0 unspecified atom stereocenters. The lowest BCUT2D eigenvalue weighted by atomic mass is 10.4. The van der Waals surface area contributed by atoms with Gasteiger partial charge in [0.2, 0.25) is 0 Å². The first-order valence-electron chi connectivity index (χ1n) is 8.63. The van der Waals surface area contributed by atoms with Crippen LogP contribution >= 0.6 is 0 Å². The van der Waals surface area contributed by atoms with Crippen molar-refractivity contribution in [2.24, 2.45) is 0 Å². The summed E-state index contributed by atoms with van der Waals surface area (Å²) in [4.78, 5) is 23.7. The number of hydrogen-bond donors (Lipinski definition) is 3. The molecule has 28 heavy (non-hydrogen) atoms. The molecule has 0 radical (unpaired) electrons. The number of nitrogens with zero attached hydrogens (tertiary/aromatic N) is 5. The van der Waals surface area contributed by atoms with E-state index in [4.69, 9.17) is 4.74 Å². The molecular formula is C18H20N8O2. The third kappa shape index (κ3) is 6.16. The van der Waals surface area contributed by atoms with Gasteiger partial charge in [-0.3, -0.25) is 9.78 Å². The van der Waals surface area contributed by atoms with E-state index in [9.17, 15) is 4.79 Å². The molecule has 0 atom stereocenters. The molecule has 0 aliphatic heterocycles. The molecule has 0 saturated carbocycles. The molecule has 144 valence electrons. The van der Waals surface area contributed by atoms with Gasteiger partial charge in [0.25, 0.3) is 5.91 Å². The molecule has 0 aliphatic rings. The summed E-state index contributed by atoms with van der Waals surface area (Å²) in [5.74, 6) is 0.981. The van der Waals surface area contributed by atoms with Crippen molar-refractivity contribution < 1.29 is 9.53 Å². The van der Waals surface area contributed by atoms with Crippen LogP contribution in [0.4, 0.5) is 17.3 Å². The van der Waals surface area contributed by atoms with Crippen molar-refractivity contribution in [3.05, 3.63) is 54.6 Å². The Labute approximate surface area is 161 Å². The Bertz CT molecular complexity index is 890. The number of carbonyl (C=O) groups is 1. The van der Waals surface area contributed by atoms with Crippen LogP contribution in [0, 0.1) is 6.92 Å². The van der Waals surface area contributed by atoms with Crippen LogP contribution in [0.5, 0.6) is 6.01 Å². The largest absolute Gasteiger partial charge is 0.453 e. The Kier molecular flexibility index (Phi) is 6.61. The summed E-state index contributed by atoms with van der Waals surface area (Å²) in [5.41, 5.74) is 1.66. The highest BCUT2D eigenvalue weighted by Crippen LogP contribution is 2.13. The Balaban J connectivity index is 1.34. The SMILES string of the molecule is Cc1ccnc(OCC(=O)NCCNc2ccc(Nc3ccncc3)nn2)n1. The summed E-state index contributed by atoms with van der Waals surface area (Å²) in [7, 11) is 0. The average Bonchev–Trinajstić information content (AvgIpc) is 2.72. The second-order valence-corrected chi connectivity index (χ2v) is 5.71. The standard InChI is InChI=1S/C18H20N8O2/c1-13-4-9-22-18(23-13)28-12-17(27)21-11-10-20-15-2-3-16(26-25-15)24-14-5-7-19-8-6-14/h2-9H,10-12H2,1H3,(H,20,25)(H,21,27)(H,19,24,26). The zero-order chi connectivity index (χ0) is 19.6. The van der Waals surface area contributed by atoms with E-state index < -0.39 is 0 Å². The molecule has 0 aromatic carbocycles. The summed E-state index contributed by atoms with van der Waals surface area (Å²) >= 11 is 0. The number of rotatable bonds is 9. The van der Waals surface area contributed by atoms with Crippen LogP contribution in [0.15, 0.2) is 48.9 Å². The predicted molar refractivity (Wildman–Crippen MR) is 103 cm³/mol. The maximum absolute atomic E-state index is 11.8. The predicted octanol–water partition coefficient (Wildman–Crippen LogP) is 1.32. The number of carbonyl (C=O) groups excluding carboxylic acids is 1. The Morgan fingerprint density at radius 1 is 1.00 bits per heavy atom. The lowest BCUT2D eigenvalue weighted by Gasteiger charge is -2.08. The molecule has 10 nitrogen and oxygen atoms in total. The number of ether oxygens (including phenoxy) is 1. The summed E-state index contributed by atoms with van der Waals surface area (Å²) in [6.45, 7) is 2.59. The number of nitrogens with one attached hydrogen (secondary N) is 3. The van der Waals surface area contributed by atoms with Gasteiger partial charge < -0.3 is 20.7 Å². The molecule has 0 bridgehead atoms. The van der Waals surface area contributed by atoms with Gasteiger partial charge in [0.15, 0.2) is 12.4 Å². The van der Waals surface area contributed by atoms with Gasteiger partial charge in [-0.15, -0.1) is 10.2 Å². The first kappa shape index (κ1) is 19.0. The van der Waals surface area contributed by atoms with E-state index in [1.54, 1.807) is 30.7 Å².